The molecule has 1 aliphatic heterocycles. The molecule has 2 amide bonds. The molecule has 1 atom stereocenters. The molecule has 162 valence electrons. The topological polar surface area (TPSA) is 70.7 Å². The van der Waals surface area contributed by atoms with Gasteiger partial charge in [-0.1, -0.05) is 23.8 Å². The van der Waals surface area contributed by atoms with Crippen molar-refractivity contribution < 1.29 is 14.3 Å². The Kier molecular flexibility index (Phi) is 8.01. The van der Waals surface area contributed by atoms with Crippen molar-refractivity contribution in [1.29, 1.82) is 0 Å². The summed E-state index contributed by atoms with van der Waals surface area (Å²) in [5, 5.41) is 7.72. The Morgan fingerprint density at radius 3 is 2.60 bits per heavy atom. The van der Waals surface area contributed by atoms with E-state index >= 15 is 0 Å². The quantitative estimate of drug-likeness (QED) is 0.641. The highest BCUT2D eigenvalue weighted by atomic mass is 32.1. The van der Waals surface area contributed by atoms with Crippen LogP contribution in [-0.2, 0) is 20.9 Å². The van der Waals surface area contributed by atoms with Crippen molar-refractivity contribution in [2.75, 3.05) is 31.6 Å². The van der Waals surface area contributed by atoms with E-state index in [1.54, 1.807) is 11.3 Å². The Morgan fingerprint density at radius 2 is 1.97 bits per heavy atom. The summed E-state index contributed by atoms with van der Waals surface area (Å²) in [6.45, 7) is 8.40. The van der Waals surface area contributed by atoms with E-state index in [1.807, 2.05) is 44.4 Å². The number of ether oxygens (including phenoxy) is 1. The molecule has 0 aliphatic carbocycles. The van der Waals surface area contributed by atoms with Crippen LogP contribution < -0.4 is 10.6 Å². The van der Waals surface area contributed by atoms with Crippen LogP contribution in [0.15, 0.2) is 29.6 Å². The number of carbonyl (C=O) groups is 2. The summed E-state index contributed by atoms with van der Waals surface area (Å²) in [4.78, 5) is 28.2. The molecule has 6 nitrogen and oxygen atoms in total. The van der Waals surface area contributed by atoms with Crippen LogP contribution in [0.5, 0.6) is 0 Å². The summed E-state index contributed by atoms with van der Waals surface area (Å²) in [6, 6.07) is 8.16. The minimum absolute atomic E-state index is 0.0433. The number of hydrogen-bond acceptors (Lipinski definition) is 5. The van der Waals surface area contributed by atoms with Gasteiger partial charge < -0.3 is 15.4 Å². The van der Waals surface area contributed by atoms with Crippen LogP contribution in [0.2, 0.25) is 0 Å². The van der Waals surface area contributed by atoms with Gasteiger partial charge >= 0.3 is 0 Å². The van der Waals surface area contributed by atoms with Crippen molar-refractivity contribution in [3.63, 3.8) is 0 Å². The average molecular weight is 430 g/mol. The third-order valence-electron chi connectivity index (χ3n) is 5.20. The number of benzene rings is 1. The number of aryl methyl sites for hydroxylation is 3. The Labute approximate surface area is 182 Å². The smallest absolute Gasteiger partial charge is 0.243 e. The summed E-state index contributed by atoms with van der Waals surface area (Å²) in [7, 11) is 0. The standard InChI is InChI=1S/C23H31N3O3S/c1-16-10-17(2)23(18(3)11-16)25-21(27)12-24-22(28)15-26(13-19-6-4-8-29-19)14-20-7-5-9-30-20/h5,7,9-11,19H,4,6,8,12-15H2,1-3H3,(H,24,28)(H,25,27)/t19-/m0/s1. The molecule has 2 aromatic rings. The highest BCUT2D eigenvalue weighted by molar-refractivity contribution is 7.09. The minimum Gasteiger partial charge on any atom is -0.377 e. The Morgan fingerprint density at radius 1 is 1.20 bits per heavy atom. The van der Waals surface area contributed by atoms with Crippen LogP contribution in [0.3, 0.4) is 0 Å². The second-order valence-corrected chi connectivity index (χ2v) is 9.01. The molecule has 0 saturated carbocycles. The van der Waals surface area contributed by atoms with Gasteiger partial charge in [-0.2, -0.15) is 0 Å². The predicted octanol–water partition coefficient (Wildman–Crippen LogP) is 3.41. The molecule has 30 heavy (non-hydrogen) atoms. The molecular weight excluding hydrogens is 398 g/mol. The first-order valence-electron chi connectivity index (χ1n) is 10.4. The van der Waals surface area contributed by atoms with Gasteiger partial charge in [-0.25, -0.2) is 0 Å². The van der Waals surface area contributed by atoms with Crippen LogP contribution in [0.4, 0.5) is 5.69 Å². The van der Waals surface area contributed by atoms with Crippen LogP contribution >= 0.6 is 11.3 Å². The lowest BCUT2D eigenvalue weighted by molar-refractivity contribution is -0.125. The molecule has 3 rings (SSSR count). The van der Waals surface area contributed by atoms with Crippen LogP contribution in [-0.4, -0.2) is 49.1 Å². The fraction of sp³-hybridized carbons (Fsp3) is 0.478. The fourth-order valence-electron chi connectivity index (χ4n) is 3.88. The monoisotopic (exact) mass is 429 g/mol. The van der Waals surface area contributed by atoms with Crippen molar-refractivity contribution in [3.8, 4) is 0 Å². The summed E-state index contributed by atoms with van der Waals surface area (Å²) in [5.41, 5.74) is 4.02. The van der Waals surface area contributed by atoms with E-state index in [0.29, 0.717) is 6.54 Å². The first-order valence-corrected chi connectivity index (χ1v) is 11.3. The second-order valence-electron chi connectivity index (χ2n) is 7.98. The number of anilines is 1. The Hall–Kier alpha value is -2.22. The largest absolute Gasteiger partial charge is 0.377 e. The number of nitrogens with one attached hydrogen (secondary N) is 2. The van der Waals surface area contributed by atoms with Crippen LogP contribution in [0, 0.1) is 20.8 Å². The summed E-state index contributed by atoms with van der Waals surface area (Å²) in [6.07, 6.45) is 2.27. The molecule has 2 N–H and O–H groups in total. The van der Waals surface area contributed by atoms with Gasteiger partial charge in [-0.05, 0) is 56.2 Å². The summed E-state index contributed by atoms with van der Waals surface area (Å²) >= 11 is 1.68. The van der Waals surface area contributed by atoms with Gasteiger partial charge in [-0.3, -0.25) is 14.5 Å². The summed E-state index contributed by atoms with van der Waals surface area (Å²) in [5.74, 6) is -0.376. The molecule has 1 aliphatic rings. The van der Waals surface area contributed by atoms with Crippen LogP contribution in [0.1, 0.15) is 34.4 Å². The van der Waals surface area contributed by atoms with Gasteiger partial charge in [-0.15, -0.1) is 11.3 Å². The van der Waals surface area contributed by atoms with E-state index in [4.69, 9.17) is 4.74 Å². The first-order chi connectivity index (χ1) is 14.4. The maximum Gasteiger partial charge on any atom is 0.243 e. The SMILES string of the molecule is Cc1cc(C)c(NC(=O)CNC(=O)CN(Cc2cccs2)C[C@@H]2CCCO2)c(C)c1. The van der Waals surface area contributed by atoms with E-state index in [0.717, 1.165) is 48.4 Å². The highest BCUT2D eigenvalue weighted by Crippen LogP contribution is 2.21. The lowest BCUT2D eigenvalue weighted by Gasteiger charge is -2.24. The number of carbonyl (C=O) groups excluding carboxylic acids is 2. The number of rotatable bonds is 9. The van der Waals surface area contributed by atoms with Gasteiger partial charge in [0.05, 0.1) is 19.2 Å². The van der Waals surface area contributed by atoms with Crippen molar-refractivity contribution in [1.82, 2.24) is 10.2 Å². The van der Waals surface area contributed by atoms with E-state index in [-0.39, 0.29) is 31.0 Å². The lowest BCUT2D eigenvalue weighted by Crippen LogP contribution is -2.42. The molecule has 1 aromatic heterocycles. The number of amides is 2. The molecule has 1 fully saturated rings. The first kappa shape index (κ1) is 22.5. The molecular formula is C23H31N3O3S. The molecule has 7 heteroatoms. The third kappa shape index (κ3) is 6.65. The maximum atomic E-state index is 12.5. The van der Waals surface area contributed by atoms with E-state index in [2.05, 4.69) is 21.6 Å². The van der Waals surface area contributed by atoms with E-state index < -0.39 is 0 Å². The van der Waals surface area contributed by atoms with Gasteiger partial charge in [0, 0.05) is 30.3 Å². The van der Waals surface area contributed by atoms with Gasteiger partial charge in [0.2, 0.25) is 11.8 Å². The van der Waals surface area contributed by atoms with Crippen molar-refractivity contribution in [3.05, 3.63) is 51.2 Å². The molecule has 1 saturated heterocycles. The van der Waals surface area contributed by atoms with Gasteiger partial charge in [0.25, 0.3) is 0 Å². The van der Waals surface area contributed by atoms with Crippen molar-refractivity contribution in [2.24, 2.45) is 0 Å². The van der Waals surface area contributed by atoms with Crippen LogP contribution in [0.25, 0.3) is 0 Å². The molecule has 1 aromatic carbocycles. The van der Waals surface area contributed by atoms with E-state index in [1.165, 1.54) is 4.88 Å². The Balaban J connectivity index is 1.51. The molecule has 0 spiro atoms. The molecule has 0 unspecified atom stereocenters. The number of hydrogen-bond donors (Lipinski definition) is 2. The molecule has 0 radical (unpaired) electrons. The highest BCUT2D eigenvalue weighted by Gasteiger charge is 2.21. The van der Waals surface area contributed by atoms with E-state index in [9.17, 15) is 9.59 Å². The number of thiophene rings is 1. The normalized spacial score (nSPS) is 16.1. The molecule has 0 bridgehead atoms. The number of nitrogens with zero attached hydrogens (tertiary/aromatic N) is 1. The summed E-state index contributed by atoms with van der Waals surface area (Å²) < 4.78 is 5.75. The second kappa shape index (κ2) is 10.7. The van der Waals surface area contributed by atoms with Gasteiger partial charge in [0.1, 0.15) is 0 Å². The zero-order chi connectivity index (χ0) is 21.5. The van der Waals surface area contributed by atoms with Gasteiger partial charge in [0.15, 0.2) is 0 Å². The zero-order valence-corrected chi connectivity index (χ0v) is 18.8. The maximum absolute atomic E-state index is 12.5. The van der Waals surface area contributed by atoms with Crippen molar-refractivity contribution in [2.45, 2.75) is 46.3 Å². The van der Waals surface area contributed by atoms with Crippen molar-refractivity contribution >= 4 is 28.8 Å². The Bertz CT molecular complexity index is 838. The average Bonchev–Trinajstić information content (AvgIpc) is 3.37. The minimum atomic E-state index is -0.220. The molecule has 2 heterocycles. The lowest BCUT2D eigenvalue weighted by atomic mass is 10.1. The fourth-order valence-corrected chi connectivity index (χ4v) is 4.63. The third-order valence-corrected chi connectivity index (χ3v) is 6.06. The zero-order valence-electron chi connectivity index (χ0n) is 18.0. The predicted molar refractivity (Wildman–Crippen MR) is 121 cm³/mol.